The summed E-state index contributed by atoms with van der Waals surface area (Å²) in [6.07, 6.45) is 3.45. The van der Waals surface area contributed by atoms with Crippen LogP contribution < -0.4 is 15.1 Å². The molecule has 2 aliphatic heterocycles. The van der Waals surface area contributed by atoms with Crippen LogP contribution in [0.3, 0.4) is 0 Å². The summed E-state index contributed by atoms with van der Waals surface area (Å²) in [5.41, 5.74) is 2.00. The summed E-state index contributed by atoms with van der Waals surface area (Å²) in [5, 5.41) is 3.43. The Balaban J connectivity index is 1.47. The number of amides is 1. The Hall–Kier alpha value is -2.74. The van der Waals surface area contributed by atoms with E-state index in [1.165, 1.54) is 12.1 Å². The summed E-state index contributed by atoms with van der Waals surface area (Å²) in [6, 6.07) is 4.70. The van der Waals surface area contributed by atoms with E-state index in [-0.39, 0.29) is 11.7 Å². The van der Waals surface area contributed by atoms with E-state index in [1.54, 1.807) is 17.2 Å². The van der Waals surface area contributed by atoms with Gasteiger partial charge in [-0.15, -0.1) is 0 Å². The summed E-state index contributed by atoms with van der Waals surface area (Å²) in [4.78, 5) is 26.5. The predicted octanol–water partition coefficient (Wildman–Crippen LogP) is 3.10. The fraction of sp³-hybridized carbons (Fsp3) is 0.522. The second kappa shape index (κ2) is 7.75. The molecule has 1 amide bonds. The summed E-state index contributed by atoms with van der Waals surface area (Å²) in [5.74, 6) is 1.56. The zero-order valence-corrected chi connectivity index (χ0v) is 18.0. The molecule has 1 aromatic heterocycles. The van der Waals surface area contributed by atoms with Crippen LogP contribution in [-0.2, 0) is 21.5 Å². The van der Waals surface area contributed by atoms with Gasteiger partial charge in [-0.25, -0.2) is 9.37 Å². The molecule has 2 aromatic rings. The van der Waals surface area contributed by atoms with Crippen molar-refractivity contribution < 1.29 is 13.9 Å². The van der Waals surface area contributed by atoms with Crippen LogP contribution in [0.25, 0.3) is 0 Å². The molecule has 7 nitrogen and oxygen atoms in total. The number of hydrogen-bond donors (Lipinski definition) is 1. The Labute approximate surface area is 181 Å². The van der Waals surface area contributed by atoms with E-state index in [0.717, 1.165) is 49.4 Å². The van der Waals surface area contributed by atoms with Crippen molar-refractivity contribution in [3.63, 3.8) is 0 Å². The maximum absolute atomic E-state index is 14.0. The van der Waals surface area contributed by atoms with E-state index in [9.17, 15) is 9.18 Å². The molecule has 3 aliphatic rings. The normalized spacial score (nSPS) is 19.3. The molecule has 8 heteroatoms. The van der Waals surface area contributed by atoms with Gasteiger partial charge in [0, 0.05) is 31.4 Å². The maximum atomic E-state index is 14.0. The van der Waals surface area contributed by atoms with E-state index in [1.807, 2.05) is 0 Å². The second-order valence-corrected chi connectivity index (χ2v) is 9.05. The minimum Gasteiger partial charge on any atom is -0.378 e. The van der Waals surface area contributed by atoms with Gasteiger partial charge in [0.2, 0.25) is 11.9 Å². The van der Waals surface area contributed by atoms with Gasteiger partial charge in [0.15, 0.2) is 0 Å². The number of anilines is 3. The lowest BCUT2D eigenvalue weighted by Crippen LogP contribution is -2.37. The molecular formula is C23H28FN5O2. The lowest BCUT2D eigenvalue weighted by molar-refractivity contribution is -0.120. The molecular weight excluding hydrogens is 397 g/mol. The Morgan fingerprint density at radius 3 is 2.74 bits per heavy atom. The van der Waals surface area contributed by atoms with E-state index < -0.39 is 5.41 Å². The molecule has 1 aliphatic carbocycles. The van der Waals surface area contributed by atoms with Crippen LogP contribution in [0.4, 0.5) is 21.8 Å². The first-order valence-corrected chi connectivity index (χ1v) is 11.0. The average Bonchev–Trinajstić information content (AvgIpc) is 3.54. The lowest BCUT2D eigenvalue weighted by Gasteiger charge is -2.28. The van der Waals surface area contributed by atoms with Crippen LogP contribution in [0.1, 0.15) is 37.8 Å². The van der Waals surface area contributed by atoms with Crippen LogP contribution in [0.2, 0.25) is 0 Å². The summed E-state index contributed by atoms with van der Waals surface area (Å²) >= 11 is 0. The topological polar surface area (TPSA) is 70.6 Å². The van der Waals surface area contributed by atoms with Gasteiger partial charge in [-0.2, -0.15) is 4.98 Å². The van der Waals surface area contributed by atoms with E-state index in [0.29, 0.717) is 37.3 Å². The van der Waals surface area contributed by atoms with Crippen molar-refractivity contribution in [3.05, 3.63) is 41.3 Å². The van der Waals surface area contributed by atoms with Crippen molar-refractivity contribution in [2.45, 2.75) is 38.6 Å². The van der Waals surface area contributed by atoms with Gasteiger partial charge in [-0.05, 0) is 36.5 Å². The van der Waals surface area contributed by atoms with Crippen LogP contribution in [0, 0.1) is 11.7 Å². The number of morpholine rings is 1. The molecule has 3 heterocycles. The largest absolute Gasteiger partial charge is 0.378 e. The van der Waals surface area contributed by atoms with Gasteiger partial charge < -0.3 is 19.9 Å². The van der Waals surface area contributed by atoms with E-state index in [4.69, 9.17) is 9.72 Å². The number of halogens is 1. The Bertz CT molecular complexity index is 1000. The highest BCUT2D eigenvalue weighted by Crippen LogP contribution is 2.57. The predicted molar refractivity (Wildman–Crippen MR) is 117 cm³/mol. The standard InChI is InChI=1S/C23H28FN5O2/c1-15(2)12-25-20-16(13-26-22(27-20)28-7-9-31-10-8-28)14-29-19-11-17(24)3-4-18(19)23(5-6-23)21(29)30/h3-4,11,13,15H,5-10,12,14H2,1-2H3,(H,25,26,27). The third-order valence-corrected chi connectivity index (χ3v) is 6.32. The number of fused-ring (bicyclic) bond motifs is 2. The number of carbonyl (C=O) groups excluding carboxylic acids is 1. The van der Waals surface area contributed by atoms with Gasteiger partial charge in [0.1, 0.15) is 11.6 Å². The van der Waals surface area contributed by atoms with Crippen molar-refractivity contribution in [3.8, 4) is 0 Å². The number of nitrogens with zero attached hydrogens (tertiary/aromatic N) is 4. The molecule has 5 rings (SSSR count). The second-order valence-electron chi connectivity index (χ2n) is 9.05. The van der Waals surface area contributed by atoms with Crippen LogP contribution in [0.5, 0.6) is 0 Å². The van der Waals surface area contributed by atoms with E-state index in [2.05, 4.69) is 29.0 Å². The number of ether oxygens (including phenoxy) is 1. The van der Waals surface area contributed by atoms with E-state index >= 15 is 0 Å². The lowest BCUT2D eigenvalue weighted by atomic mass is 9.98. The van der Waals surface area contributed by atoms with Crippen LogP contribution >= 0.6 is 0 Å². The molecule has 0 radical (unpaired) electrons. The molecule has 1 spiro atoms. The van der Waals surface area contributed by atoms with Gasteiger partial charge in [0.05, 0.1) is 30.9 Å². The molecule has 1 saturated heterocycles. The zero-order chi connectivity index (χ0) is 21.6. The average molecular weight is 426 g/mol. The van der Waals surface area contributed by atoms with Crippen molar-refractivity contribution in [2.24, 2.45) is 5.92 Å². The smallest absolute Gasteiger partial charge is 0.238 e. The number of nitrogens with one attached hydrogen (secondary N) is 1. The quantitative estimate of drug-likeness (QED) is 0.767. The Kier molecular flexibility index (Phi) is 5.04. The number of aromatic nitrogens is 2. The third kappa shape index (κ3) is 3.63. The molecule has 2 fully saturated rings. The minimum atomic E-state index is -0.455. The van der Waals surface area contributed by atoms with Crippen LogP contribution in [0.15, 0.2) is 24.4 Å². The SMILES string of the molecule is CC(C)CNc1nc(N2CCOCC2)ncc1CN1C(=O)C2(CC2)c2ccc(F)cc21. The van der Waals surface area contributed by atoms with Gasteiger partial charge in [-0.3, -0.25) is 4.79 Å². The number of rotatable bonds is 6. The fourth-order valence-electron chi connectivity index (χ4n) is 4.43. The van der Waals surface area contributed by atoms with Crippen molar-refractivity contribution >= 4 is 23.4 Å². The third-order valence-electron chi connectivity index (χ3n) is 6.32. The zero-order valence-electron chi connectivity index (χ0n) is 18.0. The van der Waals surface area contributed by atoms with Crippen molar-refractivity contribution in [1.82, 2.24) is 9.97 Å². The minimum absolute atomic E-state index is 0.0557. The molecule has 164 valence electrons. The highest BCUT2D eigenvalue weighted by molar-refractivity contribution is 6.10. The Morgan fingerprint density at radius 1 is 1.26 bits per heavy atom. The van der Waals surface area contributed by atoms with Gasteiger partial charge >= 0.3 is 0 Å². The molecule has 1 saturated carbocycles. The first-order chi connectivity index (χ1) is 15.0. The summed E-state index contributed by atoms with van der Waals surface area (Å²) in [6.45, 7) is 8.18. The molecule has 1 aromatic carbocycles. The monoisotopic (exact) mass is 425 g/mol. The van der Waals surface area contributed by atoms with Crippen LogP contribution in [-0.4, -0.2) is 48.7 Å². The molecule has 0 atom stereocenters. The molecule has 0 bridgehead atoms. The highest BCUT2D eigenvalue weighted by atomic mass is 19.1. The van der Waals surface area contributed by atoms with Crippen molar-refractivity contribution in [1.29, 1.82) is 0 Å². The van der Waals surface area contributed by atoms with Gasteiger partial charge in [0.25, 0.3) is 0 Å². The maximum Gasteiger partial charge on any atom is 0.238 e. The van der Waals surface area contributed by atoms with Crippen molar-refractivity contribution in [2.75, 3.05) is 48.0 Å². The first kappa shape index (κ1) is 20.2. The van der Waals surface area contributed by atoms with Gasteiger partial charge in [-0.1, -0.05) is 19.9 Å². The first-order valence-electron chi connectivity index (χ1n) is 11.0. The molecule has 1 N–H and O–H groups in total. The molecule has 0 unspecified atom stereocenters. The number of benzene rings is 1. The highest BCUT2D eigenvalue weighted by Gasteiger charge is 2.59. The number of hydrogen-bond acceptors (Lipinski definition) is 6. The fourth-order valence-corrected chi connectivity index (χ4v) is 4.43. The number of carbonyl (C=O) groups is 1. The Morgan fingerprint density at radius 2 is 2.03 bits per heavy atom. The summed E-state index contributed by atoms with van der Waals surface area (Å²) in [7, 11) is 0. The summed E-state index contributed by atoms with van der Waals surface area (Å²) < 4.78 is 19.5. The molecule has 31 heavy (non-hydrogen) atoms.